The van der Waals surface area contributed by atoms with E-state index in [1.807, 2.05) is 4.90 Å². The maximum absolute atomic E-state index is 12.0. The summed E-state index contributed by atoms with van der Waals surface area (Å²) < 4.78 is 5.27. The van der Waals surface area contributed by atoms with E-state index in [9.17, 15) is 4.79 Å². The Morgan fingerprint density at radius 2 is 2.13 bits per heavy atom. The average Bonchev–Trinajstić information content (AvgIpc) is 2.71. The number of carbonyl (C=O) groups excluding carboxylic acids is 1. The molecule has 0 bridgehead atoms. The summed E-state index contributed by atoms with van der Waals surface area (Å²) in [6.45, 7) is 10.1. The average molecular weight is 324 g/mol. The van der Waals surface area contributed by atoms with Gasteiger partial charge in [0.2, 0.25) is 5.91 Å². The summed E-state index contributed by atoms with van der Waals surface area (Å²) in [6.07, 6.45) is 5.05. The second-order valence-electron chi connectivity index (χ2n) is 6.97. The minimum atomic E-state index is 0.195. The summed E-state index contributed by atoms with van der Waals surface area (Å²) >= 11 is 0. The molecule has 0 aromatic carbocycles. The van der Waals surface area contributed by atoms with Crippen molar-refractivity contribution in [3.63, 3.8) is 0 Å². The molecule has 0 saturated carbocycles. The predicted octanol–water partition coefficient (Wildman–Crippen LogP) is 1.37. The van der Waals surface area contributed by atoms with Crippen LogP contribution >= 0.6 is 0 Å². The summed E-state index contributed by atoms with van der Waals surface area (Å²) in [4.78, 5) is 18.6. The molecule has 0 aromatic heterocycles. The monoisotopic (exact) mass is 324 g/mol. The van der Waals surface area contributed by atoms with Gasteiger partial charge in [-0.25, -0.2) is 0 Å². The van der Waals surface area contributed by atoms with Crippen molar-refractivity contribution >= 4 is 11.9 Å². The molecular weight excluding hydrogens is 292 g/mol. The highest BCUT2D eigenvalue weighted by molar-refractivity contribution is 5.79. The Morgan fingerprint density at radius 3 is 2.83 bits per heavy atom. The maximum Gasteiger partial charge on any atom is 0.222 e. The summed E-state index contributed by atoms with van der Waals surface area (Å²) in [7, 11) is 0. The van der Waals surface area contributed by atoms with E-state index < -0.39 is 0 Å². The molecule has 0 radical (unpaired) electrons. The second-order valence-corrected chi connectivity index (χ2v) is 6.97. The van der Waals surface area contributed by atoms with Crippen LogP contribution in [-0.2, 0) is 9.53 Å². The smallest absolute Gasteiger partial charge is 0.222 e. The lowest BCUT2D eigenvalue weighted by Gasteiger charge is -2.36. The van der Waals surface area contributed by atoms with Crippen LogP contribution in [0.3, 0.4) is 0 Å². The number of nitrogens with zero attached hydrogens (tertiary/aromatic N) is 2. The number of aliphatic imine (C=N–C) groups is 1. The predicted molar refractivity (Wildman–Crippen MR) is 92.6 cm³/mol. The van der Waals surface area contributed by atoms with Crippen molar-refractivity contribution in [2.24, 2.45) is 10.4 Å². The summed E-state index contributed by atoms with van der Waals surface area (Å²) in [5, 5.41) is 6.65. The number of hydrogen-bond donors (Lipinski definition) is 2. The van der Waals surface area contributed by atoms with E-state index in [-0.39, 0.29) is 5.41 Å². The number of rotatable bonds is 7. The first-order valence-corrected chi connectivity index (χ1v) is 9.01. The zero-order chi connectivity index (χ0) is 16.5. The van der Waals surface area contributed by atoms with Crippen molar-refractivity contribution in [1.82, 2.24) is 15.5 Å². The van der Waals surface area contributed by atoms with Gasteiger partial charge in [0.25, 0.3) is 0 Å². The highest BCUT2D eigenvalue weighted by atomic mass is 16.5. The fourth-order valence-corrected chi connectivity index (χ4v) is 2.91. The molecule has 6 heteroatoms. The van der Waals surface area contributed by atoms with Gasteiger partial charge in [-0.3, -0.25) is 9.79 Å². The van der Waals surface area contributed by atoms with Crippen molar-refractivity contribution in [3.05, 3.63) is 0 Å². The van der Waals surface area contributed by atoms with Gasteiger partial charge >= 0.3 is 0 Å². The first-order chi connectivity index (χ1) is 11.1. The second kappa shape index (κ2) is 9.11. The highest BCUT2D eigenvalue weighted by Gasteiger charge is 2.33. The Kier molecular flexibility index (Phi) is 7.15. The van der Waals surface area contributed by atoms with E-state index in [0.29, 0.717) is 5.91 Å². The minimum absolute atomic E-state index is 0.195. The van der Waals surface area contributed by atoms with Crippen molar-refractivity contribution in [2.75, 3.05) is 45.9 Å². The van der Waals surface area contributed by atoms with E-state index in [4.69, 9.17) is 4.74 Å². The lowest BCUT2D eigenvalue weighted by atomic mass is 9.89. The van der Waals surface area contributed by atoms with E-state index in [0.717, 1.165) is 77.6 Å². The van der Waals surface area contributed by atoms with E-state index in [1.165, 1.54) is 6.42 Å². The molecule has 23 heavy (non-hydrogen) atoms. The van der Waals surface area contributed by atoms with Crippen LogP contribution in [0.15, 0.2) is 4.99 Å². The quantitative estimate of drug-likeness (QED) is 0.422. The lowest BCUT2D eigenvalue weighted by Crippen LogP contribution is -2.44. The molecule has 0 atom stereocenters. The van der Waals surface area contributed by atoms with Crippen LogP contribution in [0.1, 0.15) is 46.0 Å². The number of amides is 1. The molecule has 2 rings (SSSR count). The van der Waals surface area contributed by atoms with Gasteiger partial charge in [0.05, 0.1) is 19.8 Å². The molecule has 2 saturated heterocycles. The molecule has 2 aliphatic heterocycles. The number of carbonyl (C=O) groups is 1. The van der Waals surface area contributed by atoms with E-state index in [1.54, 1.807) is 0 Å². The molecular formula is C17H32N4O2. The Labute approximate surface area is 140 Å². The molecule has 0 aromatic rings. The van der Waals surface area contributed by atoms with Gasteiger partial charge in [0.15, 0.2) is 5.96 Å². The van der Waals surface area contributed by atoms with Gasteiger partial charge < -0.3 is 20.3 Å². The lowest BCUT2D eigenvalue weighted by molar-refractivity contribution is -0.130. The third-order valence-corrected chi connectivity index (χ3v) is 4.43. The molecule has 132 valence electrons. The van der Waals surface area contributed by atoms with Crippen LogP contribution in [0.4, 0.5) is 0 Å². The van der Waals surface area contributed by atoms with Crippen molar-refractivity contribution in [2.45, 2.75) is 46.0 Å². The van der Waals surface area contributed by atoms with Crippen molar-refractivity contribution in [3.8, 4) is 0 Å². The third kappa shape index (κ3) is 6.01. The molecule has 0 spiro atoms. The molecule has 0 aliphatic carbocycles. The van der Waals surface area contributed by atoms with Gasteiger partial charge in [0, 0.05) is 38.0 Å². The Hall–Kier alpha value is -1.30. The Balaban J connectivity index is 1.68. The molecule has 2 N–H and O–H groups in total. The molecule has 2 fully saturated rings. The number of hydrogen-bond acceptors (Lipinski definition) is 3. The normalized spacial score (nSPS) is 21.6. The largest absolute Gasteiger partial charge is 0.380 e. The number of nitrogens with one attached hydrogen (secondary N) is 2. The maximum atomic E-state index is 12.0. The van der Waals surface area contributed by atoms with Gasteiger partial charge in [-0.1, -0.05) is 13.3 Å². The summed E-state index contributed by atoms with van der Waals surface area (Å²) in [5.41, 5.74) is 0.195. The fourth-order valence-electron chi connectivity index (χ4n) is 2.91. The standard InChI is InChI=1S/C17H32N4O2/c1-3-18-16(20-12-17(2)13-23-14-17)19-9-7-11-21-10-6-4-5-8-15(21)22/h3-14H2,1-2H3,(H2,18,19,20). The van der Waals surface area contributed by atoms with Gasteiger partial charge in [-0.15, -0.1) is 0 Å². The van der Waals surface area contributed by atoms with E-state index >= 15 is 0 Å². The van der Waals surface area contributed by atoms with E-state index in [2.05, 4.69) is 29.5 Å². The van der Waals surface area contributed by atoms with Crippen LogP contribution in [0, 0.1) is 5.41 Å². The number of guanidine groups is 1. The van der Waals surface area contributed by atoms with Crippen molar-refractivity contribution < 1.29 is 9.53 Å². The van der Waals surface area contributed by atoms with Crippen LogP contribution in [-0.4, -0.2) is 62.7 Å². The third-order valence-electron chi connectivity index (χ3n) is 4.43. The highest BCUT2D eigenvalue weighted by Crippen LogP contribution is 2.26. The molecule has 6 nitrogen and oxygen atoms in total. The van der Waals surface area contributed by atoms with Crippen LogP contribution in [0.25, 0.3) is 0 Å². The molecule has 2 heterocycles. The van der Waals surface area contributed by atoms with Gasteiger partial charge in [-0.05, 0) is 26.2 Å². The van der Waals surface area contributed by atoms with Gasteiger partial charge in [-0.2, -0.15) is 0 Å². The van der Waals surface area contributed by atoms with Crippen LogP contribution < -0.4 is 10.6 Å². The number of likely N-dealkylation sites (tertiary alicyclic amines) is 1. The number of ether oxygens (including phenoxy) is 1. The molecule has 0 unspecified atom stereocenters. The zero-order valence-electron chi connectivity index (χ0n) is 14.7. The first kappa shape index (κ1) is 18.0. The van der Waals surface area contributed by atoms with Crippen LogP contribution in [0.2, 0.25) is 0 Å². The summed E-state index contributed by atoms with van der Waals surface area (Å²) in [6, 6.07) is 0. The minimum Gasteiger partial charge on any atom is -0.380 e. The zero-order valence-corrected chi connectivity index (χ0v) is 14.7. The molecule has 1 amide bonds. The van der Waals surface area contributed by atoms with Crippen molar-refractivity contribution in [1.29, 1.82) is 0 Å². The topological polar surface area (TPSA) is 66.0 Å². The van der Waals surface area contributed by atoms with Gasteiger partial charge in [0.1, 0.15) is 0 Å². The fraction of sp³-hybridized carbons (Fsp3) is 0.882. The van der Waals surface area contributed by atoms with Crippen LogP contribution in [0.5, 0.6) is 0 Å². The SMILES string of the molecule is CCNC(=NCC1(C)COC1)NCCCN1CCCCCC1=O. The molecule has 2 aliphatic rings. The Morgan fingerprint density at radius 1 is 1.30 bits per heavy atom. The first-order valence-electron chi connectivity index (χ1n) is 9.01. The summed E-state index contributed by atoms with van der Waals surface area (Å²) in [5.74, 6) is 1.18. The Bertz CT molecular complexity index is 407.